The van der Waals surface area contributed by atoms with Gasteiger partial charge in [0, 0.05) is 7.05 Å². The van der Waals surface area contributed by atoms with Crippen molar-refractivity contribution in [2.75, 3.05) is 12.4 Å². The van der Waals surface area contributed by atoms with E-state index in [4.69, 9.17) is 28.5 Å². The van der Waals surface area contributed by atoms with Gasteiger partial charge in [0.1, 0.15) is 16.8 Å². The molecule has 0 aliphatic rings. The Morgan fingerprint density at radius 3 is 2.77 bits per heavy atom. The van der Waals surface area contributed by atoms with Crippen LogP contribution in [0.4, 0.5) is 10.8 Å². The van der Waals surface area contributed by atoms with Crippen LogP contribution in [0.25, 0.3) is 6.08 Å². The van der Waals surface area contributed by atoms with Crippen LogP contribution in [-0.2, 0) is 4.79 Å². The van der Waals surface area contributed by atoms with Gasteiger partial charge in [-0.05, 0) is 18.2 Å². The minimum Gasteiger partial charge on any atom is -0.354 e. The predicted molar refractivity (Wildman–Crippen MR) is 89.5 cm³/mol. The number of likely N-dealkylation sites (N-methyl/N-ethyl adjacent to an activating group) is 1. The van der Waals surface area contributed by atoms with E-state index < -0.39 is 5.91 Å². The number of thiazole rings is 1. The summed E-state index contributed by atoms with van der Waals surface area (Å²) < 4.78 is 0. The molecule has 2 aromatic rings. The Labute approximate surface area is 141 Å². The lowest BCUT2D eigenvalue weighted by molar-refractivity contribution is -0.116. The van der Waals surface area contributed by atoms with Crippen molar-refractivity contribution >= 4 is 57.3 Å². The molecule has 0 saturated carbocycles. The molecule has 5 nitrogen and oxygen atoms in total. The Morgan fingerprint density at radius 2 is 2.14 bits per heavy atom. The molecule has 22 heavy (non-hydrogen) atoms. The van der Waals surface area contributed by atoms with Crippen molar-refractivity contribution < 1.29 is 4.79 Å². The van der Waals surface area contributed by atoms with Gasteiger partial charge in [0.25, 0.3) is 5.91 Å². The number of nitrogens with zero attached hydrogens (tertiary/aromatic N) is 2. The molecule has 0 aliphatic heterocycles. The van der Waals surface area contributed by atoms with E-state index in [9.17, 15) is 4.79 Å². The number of benzene rings is 1. The van der Waals surface area contributed by atoms with Gasteiger partial charge in [-0.15, -0.1) is 0 Å². The van der Waals surface area contributed by atoms with Gasteiger partial charge in [-0.25, -0.2) is 4.98 Å². The van der Waals surface area contributed by atoms with Crippen LogP contribution >= 0.6 is 34.5 Å². The molecule has 8 heteroatoms. The molecule has 1 amide bonds. The average Bonchev–Trinajstić information content (AvgIpc) is 2.86. The van der Waals surface area contributed by atoms with Gasteiger partial charge in [0.05, 0.1) is 15.6 Å². The third-order valence-corrected chi connectivity index (χ3v) is 4.24. The average molecular weight is 353 g/mol. The Hall–Kier alpha value is -2.07. The summed E-state index contributed by atoms with van der Waals surface area (Å²) in [5.74, 6) is -0.479. The Morgan fingerprint density at radius 1 is 1.41 bits per heavy atom. The molecule has 0 saturated heterocycles. The second-order valence-electron chi connectivity index (χ2n) is 4.03. The minimum absolute atomic E-state index is 0.0441. The summed E-state index contributed by atoms with van der Waals surface area (Å²) in [7, 11) is 1.45. The highest BCUT2D eigenvalue weighted by molar-refractivity contribution is 7.17. The zero-order valence-corrected chi connectivity index (χ0v) is 13.7. The summed E-state index contributed by atoms with van der Waals surface area (Å²) in [6, 6.07) is 9.03. The number of amides is 1. The van der Waals surface area contributed by atoms with E-state index in [0.717, 1.165) is 0 Å². The van der Waals surface area contributed by atoms with Crippen molar-refractivity contribution in [2.24, 2.45) is 0 Å². The maximum absolute atomic E-state index is 11.5. The molecular formula is C14H10Cl2N4OS. The van der Waals surface area contributed by atoms with Crippen LogP contribution in [0.15, 0.2) is 29.8 Å². The normalized spacial score (nSPS) is 10.9. The lowest BCUT2D eigenvalue weighted by Gasteiger charge is -2.03. The van der Waals surface area contributed by atoms with Crippen molar-refractivity contribution in [3.05, 3.63) is 44.9 Å². The van der Waals surface area contributed by atoms with Crippen molar-refractivity contribution in [1.29, 1.82) is 5.26 Å². The fourth-order valence-electron chi connectivity index (χ4n) is 1.55. The molecule has 0 unspecified atom stereocenters. The van der Waals surface area contributed by atoms with Gasteiger partial charge >= 0.3 is 0 Å². The number of aromatic nitrogens is 1. The highest BCUT2D eigenvalue weighted by Crippen LogP contribution is 2.32. The number of halogens is 2. The molecule has 1 aromatic carbocycles. The SMILES string of the molecule is CNC(=O)/C(C#N)=C/c1sc(Nc2ccccc2Cl)nc1Cl. The van der Waals surface area contributed by atoms with Crippen LogP contribution in [0.5, 0.6) is 0 Å². The van der Waals surface area contributed by atoms with Crippen LogP contribution < -0.4 is 10.6 Å². The lowest BCUT2D eigenvalue weighted by Crippen LogP contribution is -2.18. The molecule has 112 valence electrons. The molecule has 1 heterocycles. The van der Waals surface area contributed by atoms with Gasteiger partial charge in [-0.2, -0.15) is 5.26 Å². The van der Waals surface area contributed by atoms with Crippen molar-refractivity contribution in [3.8, 4) is 6.07 Å². The zero-order valence-electron chi connectivity index (χ0n) is 11.4. The van der Waals surface area contributed by atoms with Crippen LogP contribution in [0.3, 0.4) is 0 Å². The molecule has 0 bridgehead atoms. The second-order valence-corrected chi connectivity index (χ2v) is 5.82. The van der Waals surface area contributed by atoms with E-state index in [1.807, 2.05) is 18.2 Å². The smallest absolute Gasteiger partial charge is 0.261 e. The van der Waals surface area contributed by atoms with Gasteiger partial charge in [-0.3, -0.25) is 4.79 Å². The highest BCUT2D eigenvalue weighted by Gasteiger charge is 2.12. The van der Waals surface area contributed by atoms with Crippen LogP contribution in [0.1, 0.15) is 4.88 Å². The molecular weight excluding hydrogens is 343 g/mol. The molecule has 2 rings (SSSR count). The van der Waals surface area contributed by atoms with Crippen LogP contribution in [0.2, 0.25) is 10.2 Å². The number of nitriles is 1. The molecule has 0 spiro atoms. The molecule has 0 atom stereocenters. The third kappa shape index (κ3) is 3.77. The summed E-state index contributed by atoms with van der Waals surface area (Å²) in [6.45, 7) is 0. The fraction of sp³-hybridized carbons (Fsp3) is 0.0714. The lowest BCUT2D eigenvalue weighted by atomic mass is 10.2. The van der Waals surface area contributed by atoms with Crippen molar-refractivity contribution in [2.45, 2.75) is 0 Å². The molecule has 0 fully saturated rings. The zero-order chi connectivity index (χ0) is 16.1. The first-order valence-electron chi connectivity index (χ1n) is 6.07. The van der Waals surface area contributed by atoms with E-state index in [0.29, 0.717) is 20.7 Å². The standard InChI is InChI=1S/C14H10Cl2N4OS/c1-18-13(21)8(7-17)6-11-12(16)20-14(22-11)19-10-5-3-2-4-9(10)15/h2-6H,1H3,(H,18,21)(H,19,20)/b8-6+. The van der Waals surface area contributed by atoms with Gasteiger partial charge < -0.3 is 10.6 Å². The van der Waals surface area contributed by atoms with Crippen LogP contribution in [0, 0.1) is 11.3 Å². The van der Waals surface area contributed by atoms with Crippen LogP contribution in [-0.4, -0.2) is 17.9 Å². The number of hydrogen-bond donors (Lipinski definition) is 2. The van der Waals surface area contributed by atoms with E-state index in [-0.39, 0.29) is 10.7 Å². The third-order valence-electron chi connectivity index (χ3n) is 2.59. The Balaban J connectivity index is 2.29. The summed E-state index contributed by atoms with van der Waals surface area (Å²) in [5.41, 5.74) is 0.647. The fourth-order valence-corrected chi connectivity index (χ4v) is 2.85. The maximum Gasteiger partial charge on any atom is 0.261 e. The molecule has 1 aromatic heterocycles. The molecule has 2 N–H and O–H groups in total. The van der Waals surface area contributed by atoms with E-state index in [2.05, 4.69) is 15.6 Å². The van der Waals surface area contributed by atoms with E-state index in [1.54, 1.807) is 12.1 Å². The minimum atomic E-state index is -0.479. The quantitative estimate of drug-likeness (QED) is 0.647. The van der Waals surface area contributed by atoms with E-state index >= 15 is 0 Å². The summed E-state index contributed by atoms with van der Waals surface area (Å²) >= 11 is 13.3. The predicted octanol–water partition coefficient (Wildman–Crippen LogP) is 3.85. The number of hydrogen-bond acceptors (Lipinski definition) is 5. The van der Waals surface area contributed by atoms with Crippen molar-refractivity contribution in [3.63, 3.8) is 0 Å². The molecule has 0 radical (unpaired) electrons. The van der Waals surface area contributed by atoms with E-state index in [1.165, 1.54) is 24.5 Å². The first kappa shape index (κ1) is 16.3. The second kappa shape index (κ2) is 7.27. The highest BCUT2D eigenvalue weighted by atomic mass is 35.5. The summed E-state index contributed by atoms with van der Waals surface area (Å²) in [6.07, 6.45) is 1.40. The maximum atomic E-state index is 11.5. The molecule has 0 aliphatic carbocycles. The van der Waals surface area contributed by atoms with Gasteiger partial charge in [0.15, 0.2) is 5.13 Å². The number of anilines is 2. The number of rotatable bonds is 4. The Bertz CT molecular complexity index is 779. The first-order valence-corrected chi connectivity index (χ1v) is 7.64. The number of nitrogens with one attached hydrogen (secondary N) is 2. The number of carbonyl (C=O) groups is 1. The van der Waals surface area contributed by atoms with Crippen molar-refractivity contribution in [1.82, 2.24) is 10.3 Å². The monoisotopic (exact) mass is 352 g/mol. The number of carbonyl (C=O) groups excluding carboxylic acids is 1. The number of para-hydroxylation sites is 1. The first-order chi connectivity index (χ1) is 10.5. The summed E-state index contributed by atoms with van der Waals surface area (Å²) in [5, 5.41) is 15.7. The topological polar surface area (TPSA) is 77.8 Å². The Kier molecular flexibility index (Phi) is 5.39. The van der Waals surface area contributed by atoms with Gasteiger partial charge in [0.2, 0.25) is 0 Å². The summed E-state index contributed by atoms with van der Waals surface area (Å²) in [4.78, 5) is 16.2. The van der Waals surface area contributed by atoms with Gasteiger partial charge in [-0.1, -0.05) is 46.7 Å². The largest absolute Gasteiger partial charge is 0.354 e.